The van der Waals surface area contributed by atoms with Gasteiger partial charge in [-0.15, -0.1) is 24.0 Å². The zero-order valence-electron chi connectivity index (χ0n) is 18.3. The molecule has 0 saturated heterocycles. The van der Waals surface area contributed by atoms with Gasteiger partial charge in [0.1, 0.15) is 0 Å². The lowest BCUT2D eigenvalue weighted by Crippen LogP contribution is -2.37. The van der Waals surface area contributed by atoms with Gasteiger partial charge in [-0.25, -0.2) is 13.1 Å². The van der Waals surface area contributed by atoms with Crippen LogP contribution in [0.5, 0.6) is 0 Å². The number of rotatable bonds is 11. The van der Waals surface area contributed by atoms with Gasteiger partial charge in [-0.1, -0.05) is 54.6 Å². The summed E-state index contributed by atoms with van der Waals surface area (Å²) >= 11 is 0. The van der Waals surface area contributed by atoms with Crippen LogP contribution in [-0.4, -0.2) is 41.6 Å². The maximum absolute atomic E-state index is 11.7. The third kappa shape index (κ3) is 10.4. The van der Waals surface area contributed by atoms with Crippen molar-refractivity contribution >= 4 is 40.0 Å². The minimum atomic E-state index is -3.29. The lowest BCUT2D eigenvalue weighted by atomic mass is 10.1. The largest absolute Gasteiger partial charge is 0.374 e. The zero-order valence-corrected chi connectivity index (χ0v) is 21.4. The highest BCUT2D eigenvalue weighted by Crippen LogP contribution is 2.15. The molecule has 2 aromatic carbocycles. The minimum absolute atomic E-state index is 0. The van der Waals surface area contributed by atoms with Crippen LogP contribution in [0.15, 0.2) is 59.6 Å². The molecule has 1 unspecified atom stereocenters. The van der Waals surface area contributed by atoms with Crippen LogP contribution in [-0.2, 0) is 27.1 Å². The van der Waals surface area contributed by atoms with Crippen molar-refractivity contribution in [3.05, 3.63) is 71.3 Å². The van der Waals surface area contributed by atoms with Crippen molar-refractivity contribution < 1.29 is 13.2 Å². The van der Waals surface area contributed by atoms with Crippen molar-refractivity contribution in [1.82, 2.24) is 15.4 Å². The molecule has 0 radical (unpaired) electrons. The smallest absolute Gasteiger partial charge is 0.215 e. The molecular weight excluding hydrogens is 527 g/mol. The highest BCUT2D eigenvalue weighted by atomic mass is 127. The summed E-state index contributed by atoms with van der Waals surface area (Å²) < 4.78 is 31.7. The van der Waals surface area contributed by atoms with E-state index in [0.29, 0.717) is 19.1 Å². The number of halogens is 1. The number of sulfonamides is 1. The van der Waals surface area contributed by atoms with Crippen LogP contribution in [0.25, 0.3) is 0 Å². The van der Waals surface area contributed by atoms with E-state index in [1.807, 2.05) is 42.5 Å². The van der Waals surface area contributed by atoms with Gasteiger partial charge in [0.15, 0.2) is 5.96 Å². The Kier molecular flexibility index (Phi) is 12.7. The summed E-state index contributed by atoms with van der Waals surface area (Å²) in [7, 11) is -0.143. The fourth-order valence-corrected chi connectivity index (χ4v) is 3.65. The fourth-order valence-electron chi connectivity index (χ4n) is 2.89. The normalized spacial score (nSPS) is 12.7. The minimum Gasteiger partial charge on any atom is -0.374 e. The van der Waals surface area contributed by atoms with Gasteiger partial charge >= 0.3 is 0 Å². The summed E-state index contributed by atoms with van der Waals surface area (Å²) in [6, 6.07) is 17.7. The van der Waals surface area contributed by atoms with Gasteiger partial charge in [-0.3, -0.25) is 4.99 Å². The first-order chi connectivity index (χ1) is 14.4. The maximum Gasteiger partial charge on any atom is 0.215 e. The number of aliphatic imine (C=N–C) groups is 1. The lowest BCUT2D eigenvalue weighted by Gasteiger charge is -2.15. The molecule has 31 heavy (non-hydrogen) atoms. The van der Waals surface area contributed by atoms with Crippen molar-refractivity contribution in [3.63, 3.8) is 0 Å². The molecule has 9 heteroatoms. The summed E-state index contributed by atoms with van der Waals surface area (Å²) in [5.41, 5.74) is 2.91. The van der Waals surface area contributed by atoms with Gasteiger partial charge in [0.2, 0.25) is 10.0 Å². The van der Waals surface area contributed by atoms with Crippen LogP contribution in [0.2, 0.25) is 0 Å². The van der Waals surface area contributed by atoms with Crippen molar-refractivity contribution in [1.29, 1.82) is 0 Å². The molecule has 0 saturated carbocycles. The number of hydrogen-bond donors (Lipinski definition) is 3. The summed E-state index contributed by atoms with van der Waals surface area (Å²) in [5, 5.41) is 6.52. The zero-order chi connectivity index (χ0) is 21.8. The van der Waals surface area contributed by atoms with Crippen LogP contribution in [0.3, 0.4) is 0 Å². The molecular formula is C22H33IN4O3S. The number of hydrogen-bond acceptors (Lipinski definition) is 4. The van der Waals surface area contributed by atoms with Crippen molar-refractivity contribution in [2.45, 2.75) is 31.7 Å². The quantitative estimate of drug-likeness (QED) is 0.170. The van der Waals surface area contributed by atoms with Crippen LogP contribution in [0, 0.1) is 0 Å². The van der Waals surface area contributed by atoms with Crippen LogP contribution in [0.1, 0.15) is 36.1 Å². The Labute approximate surface area is 203 Å². The number of nitrogens with one attached hydrogen (secondary N) is 3. The van der Waals surface area contributed by atoms with E-state index in [1.54, 1.807) is 7.05 Å². The van der Waals surface area contributed by atoms with Gasteiger partial charge in [0.05, 0.1) is 11.9 Å². The van der Waals surface area contributed by atoms with E-state index < -0.39 is 10.0 Å². The fraction of sp³-hybridized carbons (Fsp3) is 0.409. The van der Waals surface area contributed by atoms with Gasteiger partial charge in [0.25, 0.3) is 0 Å². The van der Waals surface area contributed by atoms with E-state index >= 15 is 0 Å². The van der Waals surface area contributed by atoms with Gasteiger partial charge in [-0.05, 0) is 37.1 Å². The molecule has 0 fully saturated rings. The molecule has 3 N–H and O–H groups in total. The molecule has 2 aromatic rings. The van der Waals surface area contributed by atoms with Crippen LogP contribution in [0.4, 0.5) is 0 Å². The Morgan fingerprint density at radius 1 is 1.06 bits per heavy atom. The van der Waals surface area contributed by atoms with Gasteiger partial charge in [0, 0.05) is 26.7 Å². The second-order valence-corrected chi connectivity index (χ2v) is 8.84. The van der Waals surface area contributed by atoms with Crippen molar-refractivity contribution in [2.75, 3.05) is 27.2 Å². The van der Waals surface area contributed by atoms with E-state index in [2.05, 4.69) is 39.4 Å². The van der Waals surface area contributed by atoms with E-state index in [0.717, 1.165) is 24.1 Å². The molecule has 0 heterocycles. The van der Waals surface area contributed by atoms with Gasteiger partial charge in [-0.2, -0.15) is 0 Å². The average molecular weight is 561 g/mol. The SMILES string of the molecule is CN=C(NCCCOC(C)c1ccccc1)NCc1cccc(CS(=O)(=O)NC)c1.I. The van der Waals surface area contributed by atoms with Crippen LogP contribution >= 0.6 is 24.0 Å². The molecule has 0 aliphatic heterocycles. The van der Waals surface area contributed by atoms with E-state index in [-0.39, 0.29) is 35.8 Å². The average Bonchev–Trinajstić information content (AvgIpc) is 2.76. The highest BCUT2D eigenvalue weighted by molar-refractivity contribution is 14.0. The summed E-state index contributed by atoms with van der Waals surface area (Å²) in [4.78, 5) is 4.23. The molecule has 1 atom stereocenters. The highest BCUT2D eigenvalue weighted by Gasteiger charge is 2.09. The number of ether oxygens (including phenoxy) is 1. The Morgan fingerprint density at radius 2 is 1.77 bits per heavy atom. The third-order valence-corrected chi connectivity index (χ3v) is 5.93. The Balaban J connectivity index is 0.00000480. The molecule has 0 amide bonds. The molecule has 2 rings (SSSR count). The van der Waals surface area contributed by atoms with E-state index in [9.17, 15) is 8.42 Å². The summed E-state index contributed by atoms with van der Waals surface area (Å²) in [6.07, 6.45) is 0.928. The maximum atomic E-state index is 11.7. The van der Waals surface area contributed by atoms with Crippen molar-refractivity contribution in [2.24, 2.45) is 4.99 Å². The second-order valence-electron chi connectivity index (χ2n) is 6.91. The van der Waals surface area contributed by atoms with E-state index in [1.165, 1.54) is 12.6 Å². The third-order valence-electron chi connectivity index (χ3n) is 4.59. The first-order valence-corrected chi connectivity index (χ1v) is 11.7. The first kappa shape index (κ1) is 27.3. The molecule has 7 nitrogen and oxygen atoms in total. The van der Waals surface area contributed by atoms with Crippen molar-refractivity contribution in [3.8, 4) is 0 Å². The predicted octanol–water partition coefficient (Wildman–Crippen LogP) is 3.19. The number of guanidine groups is 1. The van der Waals surface area contributed by atoms with Crippen LogP contribution < -0.4 is 15.4 Å². The first-order valence-electron chi connectivity index (χ1n) is 10.0. The number of nitrogens with zero attached hydrogens (tertiary/aromatic N) is 1. The summed E-state index contributed by atoms with van der Waals surface area (Å²) in [6.45, 7) is 4.00. The molecule has 0 aliphatic carbocycles. The lowest BCUT2D eigenvalue weighted by molar-refractivity contribution is 0.0646. The standard InChI is InChI=1S/C22H32N4O3S.HI/c1-18(21-11-5-4-6-12-21)29-14-8-13-25-22(23-2)26-16-19-9-7-10-20(15-19)17-30(27,28)24-3;/h4-7,9-12,15,18,24H,8,13-14,16-17H2,1-3H3,(H2,23,25,26);1H. The molecule has 0 bridgehead atoms. The predicted molar refractivity (Wildman–Crippen MR) is 137 cm³/mol. The van der Waals surface area contributed by atoms with E-state index in [4.69, 9.17) is 4.74 Å². The molecule has 0 spiro atoms. The topological polar surface area (TPSA) is 91.8 Å². The molecule has 0 aromatic heterocycles. The Morgan fingerprint density at radius 3 is 2.45 bits per heavy atom. The molecule has 0 aliphatic rings. The Hall–Kier alpha value is -1.69. The number of benzene rings is 2. The second kappa shape index (κ2) is 14.4. The Bertz CT molecular complexity index is 908. The molecule has 172 valence electrons. The monoisotopic (exact) mass is 560 g/mol. The van der Waals surface area contributed by atoms with Gasteiger partial charge < -0.3 is 15.4 Å². The summed E-state index contributed by atoms with van der Waals surface area (Å²) in [5.74, 6) is 0.658.